The molecule has 2 aromatic heterocycles. The summed E-state index contributed by atoms with van der Waals surface area (Å²) >= 11 is 1.19. The molecule has 156 valence electrons. The molecule has 0 fully saturated rings. The Morgan fingerprint density at radius 1 is 1.07 bits per heavy atom. The largest absolute Gasteiger partial charge is 0.485 e. The summed E-state index contributed by atoms with van der Waals surface area (Å²) in [7, 11) is -3.60. The van der Waals surface area contributed by atoms with E-state index < -0.39 is 28.5 Å². The molecule has 0 spiro atoms. The van der Waals surface area contributed by atoms with Crippen LogP contribution >= 0.6 is 11.3 Å². The van der Waals surface area contributed by atoms with Crippen molar-refractivity contribution in [3.8, 4) is 16.3 Å². The monoisotopic (exact) mass is 451 g/mol. The van der Waals surface area contributed by atoms with Crippen molar-refractivity contribution in [2.75, 3.05) is 12.4 Å². The van der Waals surface area contributed by atoms with Crippen LogP contribution in [0.2, 0.25) is 0 Å². The summed E-state index contributed by atoms with van der Waals surface area (Å²) in [5.41, 5.74) is 0.244. The Bertz CT molecular complexity index is 1120. The van der Waals surface area contributed by atoms with Crippen molar-refractivity contribution in [2.24, 2.45) is 0 Å². The van der Waals surface area contributed by atoms with Gasteiger partial charge in [0.15, 0.2) is 16.4 Å². The molecular formula is C18H14F5NO3S2. The fraction of sp³-hybridized carbons (Fsp3) is 0.278. The lowest BCUT2D eigenvalue weighted by molar-refractivity contribution is -0.290. The van der Waals surface area contributed by atoms with Crippen LogP contribution in [0, 0.1) is 0 Å². The Morgan fingerprint density at radius 2 is 1.76 bits per heavy atom. The van der Waals surface area contributed by atoms with E-state index in [0.717, 1.165) is 10.9 Å². The molecule has 0 N–H and O–H groups in total. The number of rotatable bonds is 6. The Kier molecular flexibility index (Phi) is 5.56. The van der Waals surface area contributed by atoms with Gasteiger partial charge in [-0.15, -0.1) is 11.3 Å². The van der Waals surface area contributed by atoms with Gasteiger partial charge < -0.3 is 4.74 Å². The number of fused-ring (bicyclic) bond motifs is 1. The fourth-order valence-corrected chi connectivity index (χ4v) is 5.33. The molecule has 0 atom stereocenters. The number of sulfone groups is 1. The summed E-state index contributed by atoms with van der Waals surface area (Å²) in [5, 5.41) is 0.543. The first-order valence-electron chi connectivity index (χ1n) is 8.24. The number of benzene rings is 1. The van der Waals surface area contributed by atoms with Crippen LogP contribution in [0.25, 0.3) is 20.7 Å². The first kappa shape index (κ1) is 21.4. The molecule has 0 radical (unpaired) electrons. The third-order valence-electron chi connectivity index (χ3n) is 4.04. The highest BCUT2D eigenvalue weighted by Gasteiger charge is 2.58. The molecule has 4 nitrogen and oxygen atoms in total. The molecule has 3 aromatic rings. The van der Waals surface area contributed by atoms with Gasteiger partial charge in [0.05, 0.1) is 27.4 Å². The predicted molar refractivity (Wildman–Crippen MR) is 99.3 cm³/mol. The maximum atomic E-state index is 13.0. The lowest BCUT2D eigenvalue weighted by Gasteiger charge is -2.19. The first-order chi connectivity index (χ1) is 13.5. The second-order valence-electron chi connectivity index (χ2n) is 6.03. The molecule has 0 bridgehead atoms. The molecule has 0 saturated heterocycles. The van der Waals surface area contributed by atoms with Gasteiger partial charge >= 0.3 is 12.1 Å². The normalized spacial score (nSPS) is 13.0. The molecule has 0 amide bonds. The number of thiophene rings is 1. The van der Waals surface area contributed by atoms with E-state index in [0.29, 0.717) is 10.3 Å². The minimum absolute atomic E-state index is 0.116. The SMILES string of the molecule is CCS(=O)(=O)c1c(-c2ccc(OCC(F)(F)C(F)(F)F)cn2)sc2ccccc12. The van der Waals surface area contributed by atoms with Crippen molar-refractivity contribution in [1.29, 1.82) is 0 Å². The number of pyridine rings is 1. The van der Waals surface area contributed by atoms with Gasteiger partial charge in [-0.2, -0.15) is 22.0 Å². The number of alkyl halides is 5. The summed E-state index contributed by atoms with van der Waals surface area (Å²) < 4.78 is 93.0. The number of ether oxygens (including phenoxy) is 1. The standard InChI is InChI=1S/C18H14F5NO3S2/c1-2-29(25,26)16-12-5-3-4-6-14(12)28-15(16)13-8-7-11(9-24-13)27-10-17(19,20)18(21,22)23/h3-9H,2,10H2,1H3. The van der Waals surface area contributed by atoms with Gasteiger partial charge in [-0.25, -0.2) is 8.42 Å². The van der Waals surface area contributed by atoms with Crippen molar-refractivity contribution < 1.29 is 35.1 Å². The van der Waals surface area contributed by atoms with Gasteiger partial charge in [0.25, 0.3) is 0 Å². The molecule has 0 aliphatic rings. The molecular weight excluding hydrogens is 437 g/mol. The lowest BCUT2D eigenvalue weighted by Crippen LogP contribution is -2.41. The molecule has 2 heterocycles. The molecule has 3 rings (SSSR count). The molecule has 0 unspecified atom stereocenters. The van der Waals surface area contributed by atoms with E-state index in [1.165, 1.54) is 30.4 Å². The van der Waals surface area contributed by atoms with Crippen LogP contribution in [0.3, 0.4) is 0 Å². The van der Waals surface area contributed by atoms with Gasteiger partial charge in [-0.1, -0.05) is 25.1 Å². The fourth-order valence-electron chi connectivity index (χ4n) is 2.50. The minimum Gasteiger partial charge on any atom is -0.485 e. The highest BCUT2D eigenvalue weighted by Crippen LogP contribution is 2.41. The second-order valence-corrected chi connectivity index (χ2v) is 9.30. The van der Waals surface area contributed by atoms with E-state index in [4.69, 9.17) is 0 Å². The van der Waals surface area contributed by atoms with Crippen LogP contribution in [0.4, 0.5) is 22.0 Å². The van der Waals surface area contributed by atoms with E-state index in [9.17, 15) is 30.4 Å². The van der Waals surface area contributed by atoms with E-state index >= 15 is 0 Å². The van der Waals surface area contributed by atoms with E-state index in [-0.39, 0.29) is 22.1 Å². The number of hydrogen-bond acceptors (Lipinski definition) is 5. The zero-order chi connectivity index (χ0) is 21.4. The highest BCUT2D eigenvalue weighted by molar-refractivity contribution is 7.92. The van der Waals surface area contributed by atoms with Gasteiger partial charge in [0.1, 0.15) is 5.75 Å². The van der Waals surface area contributed by atoms with E-state index in [2.05, 4.69) is 9.72 Å². The number of hydrogen-bond donors (Lipinski definition) is 0. The smallest absolute Gasteiger partial charge is 0.456 e. The summed E-state index contributed by atoms with van der Waals surface area (Å²) in [4.78, 5) is 4.49. The quantitative estimate of drug-likeness (QED) is 0.475. The molecule has 0 aliphatic carbocycles. The van der Waals surface area contributed by atoms with Crippen molar-refractivity contribution in [1.82, 2.24) is 4.98 Å². The molecule has 29 heavy (non-hydrogen) atoms. The van der Waals surface area contributed by atoms with Crippen LogP contribution in [-0.2, 0) is 9.84 Å². The number of aromatic nitrogens is 1. The summed E-state index contributed by atoms with van der Waals surface area (Å²) in [5.74, 6) is -5.42. The van der Waals surface area contributed by atoms with Crippen molar-refractivity contribution in [3.63, 3.8) is 0 Å². The van der Waals surface area contributed by atoms with Crippen molar-refractivity contribution in [2.45, 2.75) is 23.9 Å². The summed E-state index contributed by atoms with van der Waals surface area (Å²) in [6.45, 7) is -0.368. The zero-order valence-electron chi connectivity index (χ0n) is 14.8. The van der Waals surface area contributed by atoms with Gasteiger partial charge in [-0.3, -0.25) is 4.98 Å². The minimum atomic E-state index is -5.72. The molecule has 11 heteroatoms. The van der Waals surface area contributed by atoms with Crippen molar-refractivity contribution >= 4 is 31.3 Å². The van der Waals surface area contributed by atoms with Crippen molar-refractivity contribution in [3.05, 3.63) is 42.6 Å². The Labute approximate surface area is 166 Å². The highest BCUT2D eigenvalue weighted by atomic mass is 32.2. The molecule has 0 saturated carbocycles. The van der Waals surface area contributed by atoms with E-state index in [1.807, 2.05) is 0 Å². The molecule has 0 aliphatic heterocycles. The average molecular weight is 451 g/mol. The second kappa shape index (κ2) is 7.52. The predicted octanol–water partition coefficient (Wildman–Crippen LogP) is 5.33. The summed E-state index contributed by atoms with van der Waals surface area (Å²) in [6, 6.07) is 9.39. The lowest BCUT2D eigenvalue weighted by atomic mass is 10.2. The van der Waals surface area contributed by atoms with Gasteiger partial charge in [0.2, 0.25) is 0 Å². The maximum Gasteiger partial charge on any atom is 0.456 e. The zero-order valence-corrected chi connectivity index (χ0v) is 16.5. The van der Waals surface area contributed by atoms with Crippen LogP contribution in [-0.4, -0.2) is 37.9 Å². The number of halogens is 5. The third-order valence-corrected chi connectivity index (χ3v) is 7.17. The Morgan fingerprint density at radius 3 is 2.34 bits per heavy atom. The van der Waals surface area contributed by atoms with Crippen LogP contribution in [0.5, 0.6) is 5.75 Å². The van der Waals surface area contributed by atoms with Crippen LogP contribution in [0.15, 0.2) is 47.5 Å². The Balaban J connectivity index is 1.95. The van der Waals surface area contributed by atoms with Gasteiger partial charge in [0, 0.05) is 10.1 Å². The topological polar surface area (TPSA) is 56.3 Å². The molecule has 1 aromatic carbocycles. The third kappa shape index (κ3) is 4.20. The average Bonchev–Trinajstić information content (AvgIpc) is 3.06. The maximum absolute atomic E-state index is 13.0. The summed E-state index contributed by atoms with van der Waals surface area (Å²) in [6.07, 6.45) is -4.74. The van der Waals surface area contributed by atoms with E-state index in [1.54, 1.807) is 24.3 Å². The first-order valence-corrected chi connectivity index (χ1v) is 10.7. The Hall–Kier alpha value is -2.27. The number of nitrogens with zero attached hydrogens (tertiary/aromatic N) is 1. The van der Waals surface area contributed by atoms with Crippen LogP contribution < -0.4 is 4.74 Å². The van der Waals surface area contributed by atoms with Gasteiger partial charge in [-0.05, 0) is 18.2 Å². The van der Waals surface area contributed by atoms with Crippen LogP contribution in [0.1, 0.15) is 6.92 Å².